The highest BCUT2D eigenvalue weighted by Gasteiger charge is 2.51. The van der Waals surface area contributed by atoms with E-state index in [0.717, 1.165) is 16.0 Å². The third-order valence-corrected chi connectivity index (χ3v) is 7.85. The second-order valence-electron chi connectivity index (χ2n) is 9.27. The van der Waals surface area contributed by atoms with Gasteiger partial charge in [-0.1, -0.05) is 125 Å². The van der Waals surface area contributed by atoms with Crippen LogP contribution in [0.4, 0.5) is 4.79 Å². The summed E-state index contributed by atoms with van der Waals surface area (Å²) in [5.74, 6) is 0. The van der Waals surface area contributed by atoms with Crippen molar-refractivity contribution in [2.45, 2.75) is 51.4 Å². The smallest absolute Gasteiger partial charge is 0.407 e. The van der Waals surface area contributed by atoms with Crippen molar-refractivity contribution in [2.75, 3.05) is 13.2 Å². The van der Waals surface area contributed by atoms with Crippen molar-refractivity contribution in [1.82, 2.24) is 5.32 Å². The zero-order valence-electron chi connectivity index (χ0n) is 21.2. The van der Waals surface area contributed by atoms with Crippen LogP contribution in [0.15, 0.2) is 95.9 Å². The van der Waals surface area contributed by atoms with E-state index in [1.165, 1.54) is 11.8 Å². The quantitative estimate of drug-likeness (QED) is 0.281. The van der Waals surface area contributed by atoms with Crippen molar-refractivity contribution in [1.29, 1.82) is 0 Å². The van der Waals surface area contributed by atoms with E-state index in [2.05, 4.69) is 5.32 Å². The number of ether oxygens (including phenoxy) is 5. The van der Waals surface area contributed by atoms with Gasteiger partial charge in [-0.25, -0.2) is 4.79 Å². The number of nitrogens with one attached hydrogen (secondary N) is 1. The van der Waals surface area contributed by atoms with Crippen LogP contribution < -0.4 is 5.32 Å². The third kappa shape index (κ3) is 8.05. The first-order valence-corrected chi connectivity index (χ1v) is 14.7. The Hall–Kier alpha value is -2.01. The van der Waals surface area contributed by atoms with Crippen LogP contribution >= 0.6 is 46.6 Å². The highest BCUT2D eigenvalue weighted by molar-refractivity contribution is 7.99. The van der Waals surface area contributed by atoms with E-state index in [1.54, 1.807) is 0 Å². The Kier molecular flexibility index (Phi) is 10.1. The molecule has 5 rings (SSSR count). The summed E-state index contributed by atoms with van der Waals surface area (Å²) < 4.78 is 29.0. The number of carbonyl (C=O) groups is 1. The lowest BCUT2D eigenvalue weighted by molar-refractivity contribution is -0.312. The maximum absolute atomic E-state index is 12.9. The molecule has 11 heteroatoms. The number of rotatable bonds is 8. The minimum atomic E-state index is -1.75. The first-order chi connectivity index (χ1) is 19.4. The Labute approximate surface area is 252 Å². The van der Waals surface area contributed by atoms with E-state index < -0.39 is 52.6 Å². The van der Waals surface area contributed by atoms with Crippen LogP contribution in [0.25, 0.3) is 0 Å². The van der Waals surface area contributed by atoms with Crippen molar-refractivity contribution < 1.29 is 28.5 Å². The van der Waals surface area contributed by atoms with Crippen LogP contribution in [-0.2, 0) is 30.3 Å². The lowest BCUT2D eigenvalue weighted by Gasteiger charge is -2.49. The molecule has 3 aromatic rings. The average Bonchev–Trinajstić information content (AvgIpc) is 2.97. The van der Waals surface area contributed by atoms with Gasteiger partial charge < -0.3 is 29.0 Å². The predicted octanol–water partition coefficient (Wildman–Crippen LogP) is 6.67. The molecule has 0 saturated carbocycles. The van der Waals surface area contributed by atoms with E-state index >= 15 is 0 Å². The van der Waals surface area contributed by atoms with Gasteiger partial charge in [-0.2, -0.15) is 0 Å². The van der Waals surface area contributed by atoms with Gasteiger partial charge in [0.25, 0.3) is 0 Å². The first kappa shape index (κ1) is 29.5. The second kappa shape index (κ2) is 13.8. The van der Waals surface area contributed by atoms with Crippen LogP contribution in [0.1, 0.15) is 17.4 Å². The van der Waals surface area contributed by atoms with E-state index in [-0.39, 0.29) is 6.61 Å². The molecule has 2 aliphatic rings. The summed E-state index contributed by atoms with van der Waals surface area (Å²) in [5, 5.41) is 2.91. The van der Waals surface area contributed by atoms with Gasteiger partial charge in [-0.3, -0.25) is 0 Å². The standard InChI is InChI=1S/C29H28Cl3NO6S/c30-29(31,32)18-37-28(34)33-23-25(35-16-19-10-4-1-5-11-19)24-22(38-27(23)40-21-14-8-3-9-15-21)17-36-26(39-24)20-12-6-2-7-13-20/h1-15,22-27H,16-18H2,(H,33,34)/t22-,23-,24+,25-,26?,27+/m1/s1. The molecule has 7 nitrogen and oxygen atoms in total. The van der Waals surface area contributed by atoms with Gasteiger partial charge in [0.15, 0.2) is 6.29 Å². The average molecular weight is 625 g/mol. The molecular weight excluding hydrogens is 597 g/mol. The van der Waals surface area contributed by atoms with Gasteiger partial charge in [0.1, 0.15) is 30.4 Å². The van der Waals surface area contributed by atoms with Crippen molar-refractivity contribution in [3.8, 4) is 0 Å². The van der Waals surface area contributed by atoms with Crippen molar-refractivity contribution >= 4 is 52.7 Å². The molecule has 1 amide bonds. The van der Waals surface area contributed by atoms with Crippen LogP contribution in [0, 0.1) is 0 Å². The molecule has 212 valence electrons. The molecule has 1 unspecified atom stereocenters. The summed E-state index contributed by atoms with van der Waals surface area (Å²) in [6.45, 7) is 0.153. The Balaban J connectivity index is 1.43. The van der Waals surface area contributed by atoms with E-state index in [9.17, 15) is 4.79 Å². The molecule has 0 aromatic heterocycles. The number of amides is 1. The Bertz CT molecular complexity index is 1220. The number of hydrogen-bond acceptors (Lipinski definition) is 7. The molecule has 0 spiro atoms. The number of alkyl carbamates (subject to hydrolysis) is 1. The van der Waals surface area contributed by atoms with Crippen molar-refractivity contribution in [3.63, 3.8) is 0 Å². The first-order valence-electron chi connectivity index (χ1n) is 12.7. The number of alkyl halides is 3. The highest BCUT2D eigenvalue weighted by Crippen LogP contribution is 2.40. The molecule has 2 heterocycles. The van der Waals surface area contributed by atoms with E-state index in [4.69, 9.17) is 58.5 Å². The zero-order chi connectivity index (χ0) is 28.0. The number of hydrogen-bond donors (Lipinski definition) is 1. The maximum atomic E-state index is 12.9. The lowest BCUT2D eigenvalue weighted by atomic mass is 9.96. The largest absolute Gasteiger partial charge is 0.445 e. The van der Waals surface area contributed by atoms with Crippen LogP contribution in [0.2, 0.25) is 0 Å². The van der Waals surface area contributed by atoms with Crippen LogP contribution in [0.3, 0.4) is 0 Å². The zero-order valence-corrected chi connectivity index (χ0v) is 24.3. The highest BCUT2D eigenvalue weighted by atomic mass is 35.6. The number of halogens is 3. The third-order valence-electron chi connectivity index (χ3n) is 6.34. The summed E-state index contributed by atoms with van der Waals surface area (Å²) >= 11 is 18.9. The number of benzene rings is 3. The molecule has 40 heavy (non-hydrogen) atoms. The summed E-state index contributed by atoms with van der Waals surface area (Å²) in [6.07, 6.45) is -3.03. The van der Waals surface area contributed by atoms with Crippen molar-refractivity contribution in [3.05, 3.63) is 102 Å². The normalized spacial score (nSPS) is 26.5. The maximum Gasteiger partial charge on any atom is 0.407 e. The minimum absolute atomic E-state index is 0.283. The summed E-state index contributed by atoms with van der Waals surface area (Å²) in [5.41, 5.74) is 1.28. The molecule has 3 aromatic carbocycles. The number of fused-ring (bicyclic) bond motifs is 1. The summed E-state index contributed by atoms with van der Waals surface area (Å²) in [7, 11) is 0. The second-order valence-corrected chi connectivity index (χ2v) is 13.0. The van der Waals surface area contributed by atoms with E-state index in [0.29, 0.717) is 6.61 Å². The van der Waals surface area contributed by atoms with Gasteiger partial charge in [0.05, 0.1) is 19.3 Å². The molecule has 6 atom stereocenters. The summed E-state index contributed by atoms with van der Waals surface area (Å²) in [4.78, 5) is 13.9. The molecule has 2 aliphatic heterocycles. The fourth-order valence-corrected chi connectivity index (χ4v) is 5.84. The summed E-state index contributed by atoms with van der Waals surface area (Å²) in [6, 6.07) is 28.5. The molecule has 0 radical (unpaired) electrons. The number of carbonyl (C=O) groups excluding carboxylic acids is 1. The fraction of sp³-hybridized carbons (Fsp3) is 0.345. The molecule has 2 fully saturated rings. The minimum Gasteiger partial charge on any atom is -0.445 e. The van der Waals surface area contributed by atoms with Gasteiger partial charge >= 0.3 is 6.09 Å². The molecular formula is C29H28Cl3NO6S. The van der Waals surface area contributed by atoms with Gasteiger partial charge in [0, 0.05) is 10.5 Å². The van der Waals surface area contributed by atoms with Gasteiger partial charge in [-0.05, 0) is 17.7 Å². The Morgan fingerprint density at radius 3 is 2.25 bits per heavy atom. The molecule has 0 bridgehead atoms. The lowest BCUT2D eigenvalue weighted by Crippen LogP contribution is -2.66. The number of thioether (sulfide) groups is 1. The van der Waals surface area contributed by atoms with Crippen LogP contribution in [0.5, 0.6) is 0 Å². The topological polar surface area (TPSA) is 75.3 Å². The molecule has 1 N–H and O–H groups in total. The predicted molar refractivity (Wildman–Crippen MR) is 155 cm³/mol. The van der Waals surface area contributed by atoms with Crippen molar-refractivity contribution in [2.24, 2.45) is 0 Å². The fourth-order valence-electron chi connectivity index (χ4n) is 4.53. The van der Waals surface area contributed by atoms with Crippen LogP contribution in [-0.4, -0.2) is 52.9 Å². The van der Waals surface area contributed by atoms with Gasteiger partial charge in [-0.15, -0.1) is 0 Å². The Morgan fingerprint density at radius 2 is 1.57 bits per heavy atom. The molecule has 2 saturated heterocycles. The monoisotopic (exact) mass is 623 g/mol. The van der Waals surface area contributed by atoms with E-state index in [1.807, 2.05) is 91.0 Å². The SMILES string of the molecule is O=C(N[C@@H]1[C@@H](OCc2ccccc2)[C@H]2OC(c3ccccc3)OC[C@H]2O[C@H]1Sc1ccccc1)OCC(Cl)(Cl)Cl. The van der Waals surface area contributed by atoms with Gasteiger partial charge in [0.2, 0.25) is 3.79 Å². The Morgan fingerprint density at radius 1 is 0.925 bits per heavy atom. The molecule has 0 aliphatic carbocycles.